The third kappa shape index (κ3) is 3.46. The Morgan fingerprint density at radius 1 is 1.00 bits per heavy atom. The fraction of sp³-hybridized carbons (Fsp3) is 0.105. The average Bonchev–Trinajstić information content (AvgIpc) is 3.46. The maximum atomic E-state index is 13.0. The van der Waals surface area contributed by atoms with Crippen molar-refractivity contribution >= 4 is 23.1 Å². The molecule has 5 rings (SSSR count). The number of ether oxygens (including phenoxy) is 2. The number of halogens is 1. The Balaban J connectivity index is 1.26. The van der Waals surface area contributed by atoms with Gasteiger partial charge in [-0.2, -0.15) is 0 Å². The van der Waals surface area contributed by atoms with Crippen molar-refractivity contribution in [2.24, 2.45) is 0 Å². The third-order valence-corrected chi connectivity index (χ3v) is 5.80. The molecule has 6 nitrogen and oxygen atoms in total. The fourth-order valence-electron chi connectivity index (χ4n) is 2.65. The molecule has 0 bridgehead atoms. The number of aromatic nitrogens is 3. The molecule has 0 amide bonds. The topological polar surface area (TPSA) is 70.3 Å². The number of thiazole rings is 1. The van der Waals surface area contributed by atoms with Crippen LogP contribution in [0.2, 0.25) is 0 Å². The van der Waals surface area contributed by atoms with Crippen LogP contribution in [0.15, 0.2) is 57.5 Å². The minimum atomic E-state index is -0.259. The summed E-state index contributed by atoms with van der Waals surface area (Å²) < 4.78 is 29.5. The standard InChI is InChI=1S/C19H12FN3O3S2/c20-13-4-1-11(2-5-13)18-21-14(8-27-18)9-28-19-23-22-17(26-19)12-3-6-15-16(7-12)25-10-24-15/h1-8H,9-10H2. The maximum Gasteiger partial charge on any atom is 0.277 e. The highest BCUT2D eigenvalue weighted by Crippen LogP contribution is 2.36. The van der Waals surface area contributed by atoms with Crippen LogP contribution in [0.1, 0.15) is 5.69 Å². The number of benzene rings is 2. The lowest BCUT2D eigenvalue weighted by atomic mass is 10.2. The minimum Gasteiger partial charge on any atom is -0.454 e. The summed E-state index contributed by atoms with van der Waals surface area (Å²) in [4.78, 5) is 4.58. The van der Waals surface area contributed by atoms with E-state index in [9.17, 15) is 4.39 Å². The molecule has 0 unspecified atom stereocenters. The zero-order valence-electron chi connectivity index (χ0n) is 14.3. The molecule has 140 valence electrons. The summed E-state index contributed by atoms with van der Waals surface area (Å²) in [5.74, 6) is 2.14. The molecule has 4 aromatic rings. The number of hydrogen-bond acceptors (Lipinski definition) is 8. The van der Waals surface area contributed by atoms with E-state index in [4.69, 9.17) is 13.9 Å². The monoisotopic (exact) mass is 413 g/mol. The van der Waals surface area contributed by atoms with E-state index in [1.807, 2.05) is 23.6 Å². The summed E-state index contributed by atoms with van der Waals surface area (Å²) in [7, 11) is 0. The van der Waals surface area contributed by atoms with Gasteiger partial charge in [-0.05, 0) is 42.5 Å². The SMILES string of the molecule is Fc1ccc(-c2nc(CSc3nnc(-c4ccc5c(c4)OCO5)o3)cs2)cc1. The zero-order valence-corrected chi connectivity index (χ0v) is 15.9. The molecule has 0 aliphatic carbocycles. The Morgan fingerprint density at radius 2 is 1.82 bits per heavy atom. The van der Waals surface area contributed by atoms with E-state index in [1.165, 1.54) is 35.2 Å². The number of fused-ring (bicyclic) bond motifs is 1. The molecular weight excluding hydrogens is 401 g/mol. The van der Waals surface area contributed by atoms with E-state index >= 15 is 0 Å². The third-order valence-electron chi connectivity index (χ3n) is 4.01. The number of thioether (sulfide) groups is 1. The molecule has 0 saturated carbocycles. The van der Waals surface area contributed by atoms with Crippen LogP contribution < -0.4 is 9.47 Å². The quantitative estimate of drug-likeness (QED) is 0.426. The van der Waals surface area contributed by atoms with Gasteiger partial charge in [-0.25, -0.2) is 9.37 Å². The predicted octanol–water partition coefficient (Wildman–Crippen LogP) is 5.02. The van der Waals surface area contributed by atoms with E-state index in [0.717, 1.165) is 21.8 Å². The molecule has 1 aliphatic heterocycles. The Hall–Kier alpha value is -2.91. The highest BCUT2D eigenvalue weighted by atomic mass is 32.2. The molecule has 2 aromatic heterocycles. The molecule has 0 radical (unpaired) electrons. The van der Waals surface area contributed by atoms with E-state index in [1.54, 1.807) is 12.1 Å². The van der Waals surface area contributed by atoms with Gasteiger partial charge < -0.3 is 13.9 Å². The van der Waals surface area contributed by atoms with Crippen molar-refractivity contribution in [1.29, 1.82) is 0 Å². The van der Waals surface area contributed by atoms with E-state index in [2.05, 4.69) is 15.2 Å². The lowest BCUT2D eigenvalue weighted by Crippen LogP contribution is -1.92. The summed E-state index contributed by atoms with van der Waals surface area (Å²) >= 11 is 2.93. The Labute approximate surface area is 167 Å². The first kappa shape index (κ1) is 17.2. The molecule has 0 fully saturated rings. The molecule has 9 heteroatoms. The molecule has 0 saturated heterocycles. The Morgan fingerprint density at radius 3 is 2.71 bits per heavy atom. The van der Waals surface area contributed by atoms with Crippen LogP contribution in [0.3, 0.4) is 0 Å². The summed E-state index contributed by atoms with van der Waals surface area (Å²) in [6.45, 7) is 0.220. The molecule has 2 aromatic carbocycles. The van der Waals surface area contributed by atoms with Crippen molar-refractivity contribution in [3.05, 3.63) is 59.4 Å². The van der Waals surface area contributed by atoms with Gasteiger partial charge >= 0.3 is 0 Å². The Kier molecular flexibility index (Phi) is 4.46. The van der Waals surface area contributed by atoms with Crippen molar-refractivity contribution in [3.8, 4) is 33.5 Å². The average molecular weight is 413 g/mol. The van der Waals surface area contributed by atoms with Crippen LogP contribution in [0.5, 0.6) is 11.5 Å². The van der Waals surface area contributed by atoms with Crippen molar-refractivity contribution in [1.82, 2.24) is 15.2 Å². The molecule has 1 aliphatic rings. The summed E-state index contributed by atoms with van der Waals surface area (Å²) in [5, 5.41) is 11.5. The first-order valence-corrected chi connectivity index (χ1v) is 10.2. The lowest BCUT2D eigenvalue weighted by molar-refractivity contribution is 0.174. The van der Waals surface area contributed by atoms with Gasteiger partial charge in [0, 0.05) is 22.3 Å². The van der Waals surface area contributed by atoms with Crippen LogP contribution in [-0.4, -0.2) is 22.0 Å². The van der Waals surface area contributed by atoms with Crippen LogP contribution in [-0.2, 0) is 5.75 Å². The maximum absolute atomic E-state index is 13.0. The molecule has 3 heterocycles. The molecule has 28 heavy (non-hydrogen) atoms. The van der Waals surface area contributed by atoms with Gasteiger partial charge in [-0.3, -0.25) is 0 Å². The normalized spacial score (nSPS) is 12.5. The first-order valence-electron chi connectivity index (χ1n) is 8.31. The molecule has 0 N–H and O–H groups in total. The van der Waals surface area contributed by atoms with E-state index in [0.29, 0.717) is 28.4 Å². The molecule has 0 atom stereocenters. The molecule has 0 spiro atoms. The summed E-state index contributed by atoms with van der Waals surface area (Å²) in [5.41, 5.74) is 2.57. The number of nitrogens with zero attached hydrogens (tertiary/aromatic N) is 3. The number of hydrogen-bond donors (Lipinski definition) is 0. The lowest BCUT2D eigenvalue weighted by Gasteiger charge is -1.98. The second-order valence-electron chi connectivity index (χ2n) is 5.88. The zero-order chi connectivity index (χ0) is 18.9. The van der Waals surface area contributed by atoms with Crippen molar-refractivity contribution < 1.29 is 18.3 Å². The highest BCUT2D eigenvalue weighted by molar-refractivity contribution is 7.98. The van der Waals surface area contributed by atoms with Gasteiger partial charge in [0.05, 0.1) is 5.69 Å². The van der Waals surface area contributed by atoms with Crippen molar-refractivity contribution in [2.75, 3.05) is 6.79 Å². The predicted molar refractivity (Wildman–Crippen MR) is 103 cm³/mol. The van der Waals surface area contributed by atoms with E-state index < -0.39 is 0 Å². The first-order chi connectivity index (χ1) is 13.7. The van der Waals surface area contributed by atoms with Crippen LogP contribution in [0.25, 0.3) is 22.0 Å². The van der Waals surface area contributed by atoms with Crippen molar-refractivity contribution in [3.63, 3.8) is 0 Å². The van der Waals surface area contributed by atoms with Crippen LogP contribution >= 0.6 is 23.1 Å². The summed E-state index contributed by atoms with van der Waals surface area (Å²) in [6, 6.07) is 11.8. The van der Waals surface area contributed by atoms with Gasteiger partial charge in [0.25, 0.3) is 5.22 Å². The second-order valence-corrected chi connectivity index (χ2v) is 7.67. The van der Waals surface area contributed by atoms with Gasteiger partial charge in [0.15, 0.2) is 11.5 Å². The van der Waals surface area contributed by atoms with Gasteiger partial charge in [-0.1, -0.05) is 11.8 Å². The minimum absolute atomic E-state index is 0.220. The summed E-state index contributed by atoms with van der Waals surface area (Å²) in [6.07, 6.45) is 0. The second kappa shape index (κ2) is 7.25. The fourth-order valence-corrected chi connectivity index (χ4v) is 4.24. The molecular formula is C19H12FN3O3S2. The Bertz CT molecular complexity index is 1130. The van der Waals surface area contributed by atoms with Crippen molar-refractivity contribution in [2.45, 2.75) is 11.0 Å². The highest BCUT2D eigenvalue weighted by Gasteiger charge is 2.17. The largest absolute Gasteiger partial charge is 0.454 e. The van der Waals surface area contributed by atoms with Gasteiger partial charge in [0.1, 0.15) is 10.8 Å². The van der Waals surface area contributed by atoms with E-state index in [-0.39, 0.29) is 12.6 Å². The van der Waals surface area contributed by atoms with Crippen LogP contribution in [0, 0.1) is 5.82 Å². The van der Waals surface area contributed by atoms with Crippen LogP contribution in [0.4, 0.5) is 4.39 Å². The van der Waals surface area contributed by atoms with Gasteiger partial charge in [0.2, 0.25) is 12.7 Å². The van der Waals surface area contributed by atoms with Gasteiger partial charge in [-0.15, -0.1) is 21.5 Å². The number of rotatable bonds is 5. The smallest absolute Gasteiger partial charge is 0.277 e.